The largest absolute Gasteiger partial charge is 0.573 e. The minimum Gasteiger partial charge on any atom is -0.406 e. The second-order valence-electron chi connectivity index (χ2n) is 2.40. The number of ether oxygens (including phenoxy) is 1. The summed E-state index contributed by atoms with van der Waals surface area (Å²) in [7, 11) is 3.33. The van der Waals surface area contributed by atoms with Crippen LogP contribution in [0.15, 0.2) is 24.3 Å². The minimum atomic E-state index is -4.72. The summed E-state index contributed by atoms with van der Waals surface area (Å²) in [5.41, 5.74) is 0.331. The third kappa shape index (κ3) is 4.89. The Kier molecular flexibility index (Phi) is 3.81. The van der Waals surface area contributed by atoms with Crippen molar-refractivity contribution < 1.29 is 22.1 Å². The summed E-state index contributed by atoms with van der Waals surface area (Å²) < 4.78 is 51.6. The molecule has 0 bridgehead atoms. The first kappa shape index (κ1) is 12.1. The van der Waals surface area contributed by atoms with Crippen LogP contribution in [0.2, 0.25) is 0 Å². The Morgan fingerprint density at radius 3 is 2.20 bits per heavy atom. The second kappa shape index (κ2) is 4.71. The van der Waals surface area contributed by atoms with E-state index in [9.17, 15) is 17.4 Å². The molecule has 0 radical (unpaired) electrons. The van der Waals surface area contributed by atoms with Crippen molar-refractivity contribution in [2.24, 2.45) is 0 Å². The fraction of sp³-hybridized carbons (Fsp3) is 0.143. The van der Waals surface area contributed by atoms with Crippen LogP contribution in [0.3, 0.4) is 0 Å². The molecule has 1 unspecified atom stereocenters. The van der Waals surface area contributed by atoms with Crippen LogP contribution in [0.1, 0.15) is 0 Å². The van der Waals surface area contributed by atoms with Gasteiger partial charge < -0.3 is 4.74 Å². The number of anilines is 1. The summed E-state index contributed by atoms with van der Waals surface area (Å²) >= 11 is 0. The van der Waals surface area contributed by atoms with Gasteiger partial charge in [0.25, 0.3) is 0 Å². The van der Waals surface area contributed by atoms with Crippen LogP contribution in [0.4, 0.5) is 18.9 Å². The summed E-state index contributed by atoms with van der Waals surface area (Å²) in [5, 5.41) is 0. The Hall–Kier alpha value is -0.950. The predicted molar refractivity (Wildman–Crippen MR) is 50.7 cm³/mol. The van der Waals surface area contributed by atoms with Gasteiger partial charge in [-0.3, -0.25) is 4.72 Å². The van der Waals surface area contributed by atoms with Gasteiger partial charge in [-0.05, 0) is 24.3 Å². The molecule has 0 saturated carbocycles. The molecule has 3 nitrogen and oxygen atoms in total. The molecule has 0 aliphatic carbocycles. The highest BCUT2D eigenvalue weighted by Crippen LogP contribution is 2.24. The van der Waals surface area contributed by atoms with Crippen molar-refractivity contribution in [2.45, 2.75) is 6.36 Å². The molecule has 0 saturated heterocycles. The Labute approximate surface area is 90.3 Å². The smallest absolute Gasteiger partial charge is 0.406 e. The van der Waals surface area contributed by atoms with E-state index in [2.05, 4.69) is 9.46 Å². The molecule has 0 spiro atoms. The van der Waals surface area contributed by atoms with E-state index in [-0.39, 0.29) is 5.75 Å². The predicted octanol–water partition coefficient (Wildman–Crippen LogP) is 2.81. The van der Waals surface area contributed by atoms with E-state index in [0.29, 0.717) is 5.69 Å². The highest BCUT2D eigenvalue weighted by atomic mass is 35.7. The summed E-state index contributed by atoms with van der Waals surface area (Å²) in [6.45, 7) is 0. The van der Waals surface area contributed by atoms with Gasteiger partial charge in [0.05, 0.1) is 0 Å². The van der Waals surface area contributed by atoms with Crippen LogP contribution < -0.4 is 9.46 Å². The molecular weight excluding hydrogens is 255 g/mol. The molecule has 15 heavy (non-hydrogen) atoms. The Morgan fingerprint density at radius 1 is 1.27 bits per heavy atom. The zero-order valence-electron chi connectivity index (χ0n) is 7.05. The molecule has 1 N–H and O–H groups in total. The average molecular weight is 260 g/mol. The fourth-order valence-corrected chi connectivity index (χ4v) is 1.41. The quantitative estimate of drug-likeness (QED) is 0.848. The maximum atomic E-state index is 11.7. The van der Waals surface area contributed by atoms with Gasteiger partial charge in [0.1, 0.15) is 5.75 Å². The van der Waals surface area contributed by atoms with E-state index >= 15 is 0 Å². The first-order chi connectivity index (χ1) is 6.87. The first-order valence-electron chi connectivity index (χ1n) is 3.57. The number of hydrogen-bond acceptors (Lipinski definition) is 2. The van der Waals surface area contributed by atoms with E-state index in [4.69, 9.17) is 10.7 Å². The molecule has 1 aromatic carbocycles. The standard InChI is InChI=1S/C7H5ClF3NO2S/c8-15(13)12-5-1-3-6(4-2-5)14-7(9,10)11/h1-4,12H. The highest BCUT2D eigenvalue weighted by Gasteiger charge is 2.30. The number of benzene rings is 1. The zero-order chi connectivity index (χ0) is 11.5. The molecule has 0 fully saturated rings. The Morgan fingerprint density at radius 2 is 1.80 bits per heavy atom. The molecule has 84 valence electrons. The number of nitrogens with one attached hydrogen (secondary N) is 1. The maximum Gasteiger partial charge on any atom is 0.573 e. The molecule has 0 aromatic heterocycles. The van der Waals surface area contributed by atoms with Crippen molar-refractivity contribution in [3.8, 4) is 5.75 Å². The topological polar surface area (TPSA) is 38.3 Å². The number of halogens is 4. The Bertz CT molecular complexity index is 354. The molecule has 0 amide bonds. The monoisotopic (exact) mass is 259 g/mol. The number of hydrogen-bond donors (Lipinski definition) is 1. The van der Waals surface area contributed by atoms with E-state index in [1.54, 1.807) is 0 Å². The van der Waals surface area contributed by atoms with Gasteiger partial charge in [-0.15, -0.1) is 13.2 Å². The van der Waals surface area contributed by atoms with Crippen LogP contribution in [0.25, 0.3) is 0 Å². The van der Waals surface area contributed by atoms with E-state index in [1.807, 2.05) is 0 Å². The summed E-state index contributed by atoms with van der Waals surface area (Å²) in [5.74, 6) is -0.353. The molecule has 0 aliphatic rings. The number of rotatable bonds is 3. The average Bonchev–Trinajstić information content (AvgIpc) is 2.05. The normalized spacial score (nSPS) is 13.3. The van der Waals surface area contributed by atoms with Crippen molar-refractivity contribution >= 4 is 26.6 Å². The van der Waals surface area contributed by atoms with Crippen molar-refractivity contribution in [2.75, 3.05) is 4.72 Å². The maximum absolute atomic E-state index is 11.7. The van der Waals surface area contributed by atoms with Gasteiger partial charge >= 0.3 is 6.36 Å². The third-order valence-electron chi connectivity index (χ3n) is 1.29. The lowest BCUT2D eigenvalue weighted by Gasteiger charge is -2.09. The third-order valence-corrected chi connectivity index (χ3v) is 1.91. The van der Waals surface area contributed by atoms with Crippen LogP contribution in [0.5, 0.6) is 5.75 Å². The molecule has 0 heterocycles. The van der Waals surface area contributed by atoms with Gasteiger partial charge in [0.15, 0.2) is 0 Å². The van der Waals surface area contributed by atoms with E-state index in [0.717, 1.165) is 12.1 Å². The van der Waals surface area contributed by atoms with Crippen molar-refractivity contribution in [3.05, 3.63) is 24.3 Å². The fourth-order valence-electron chi connectivity index (χ4n) is 0.817. The lowest BCUT2D eigenvalue weighted by atomic mass is 10.3. The molecule has 1 rings (SSSR count). The molecule has 0 aliphatic heterocycles. The lowest BCUT2D eigenvalue weighted by molar-refractivity contribution is -0.274. The van der Waals surface area contributed by atoms with Gasteiger partial charge in [-0.1, -0.05) is 0 Å². The molecule has 1 atom stereocenters. The first-order valence-corrected chi connectivity index (χ1v) is 5.55. The molecule has 1 aromatic rings. The van der Waals surface area contributed by atoms with Crippen LogP contribution >= 0.6 is 10.7 Å². The van der Waals surface area contributed by atoms with Gasteiger partial charge in [0, 0.05) is 16.4 Å². The van der Waals surface area contributed by atoms with Crippen LogP contribution in [-0.4, -0.2) is 10.6 Å². The SMILES string of the molecule is O=S(Cl)Nc1ccc(OC(F)(F)F)cc1. The van der Waals surface area contributed by atoms with Crippen LogP contribution in [0, 0.1) is 0 Å². The van der Waals surface area contributed by atoms with Crippen molar-refractivity contribution in [1.82, 2.24) is 0 Å². The summed E-state index contributed by atoms with van der Waals surface area (Å²) in [4.78, 5) is 0. The van der Waals surface area contributed by atoms with Crippen molar-refractivity contribution in [3.63, 3.8) is 0 Å². The minimum absolute atomic E-state index is 0.331. The van der Waals surface area contributed by atoms with Gasteiger partial charge in [-0.25, -0.2) is 4.21 Å². The molecular formula is C7H5ClF3NO2S. The van der Waals surface area contributed by atoms with Gasteiger partial charge in [0.2, 0.25) is 10.2 Å². The summed E-state index contributed by atoms with van der Waals surface area (Å²) in [6, 6.07) is 4.70. The second-order valence-corrected chi connectivity index (χ2v) is 3.89. The van der Waals surface area contributed by atoms with Crippen LogP contribution in [-0.2, 0) is 10.2 Å². The van der Waals surface area contributed by atoms with Gasteiger partial charge in [-0.2, -0.15) is 0 Å². The Balaban J connectivity index is 2.68. The zero-order valence-corrected chi connectivity index (χ0v) is 8.62. The van der Waals surface area contributed by atoms with E-state index in [1.165, 1.54) is 12.1 Å². The van der Waals surface area contributed by atoms with E-state index < -0.39 is 16.6 Å². The molecule has 8 heteroatoms. The lowest BCUT2D eigenvalue weighted by Crippen LogP contribution is -2.17. The number of alkyl halides is 3. The highest BCUT2D eigenvalue weighted by molar-refractivity contribution is 8.09. The van der Waals surface area contributed by atoms with Crippen molar-refractivity contribution in [1.29, 1.82) is 0 Å². The summed E-state index contributed by atoms with van der Waals surface area (Å²) in [6.07, 6.45) is -4.72.